The summed E-state index contributed by atoms with van der Waals surface area (Å²) in [5, 5.41) is 5.87. The van der Waals surface area contributed by atoms with Gasteiger partial charge in [-0.2, -0.15) is 4.99 Å². The molecule has 1 aliphatic rings. The molecule has 0 saturated heterocycles. The van der Waals surface area contributed by atoms with Gasteiger partial charge in [0.05, 0.1) is 16.8 Å². The van der Waals surface area contributed by atoms with E-state index in [1.807, 2.05) is 24.3 Å². The number of anilines is 2. The van der Waals surface area contributed by atoms with Crippen molar-refractivity contribution < 1.29 is 27.5 Å². The summed E-state index contributed by atoms with van der Waals surface area (Å²) in [6, 6.07) is 17.3. The van der Waals surface area contributed by atoms with Crippen molar-refractivity contribution in [1.29, 1.82) is 5.53 Å². The summed E-state index contributed by atoms with van der Waals surface area (Å²) in [5.74, 6) is -1.51. The summed E-state index contributed by atoms with van der Waals surface area (Å²) >= 11 is 1.01. The number of hydrogen-bond acceptors (Lipinski definition) is 6. The fraction of sp³-hybridized carbons (Fsp3) is 0.200. The maximum absolute atomic E-state index is 13.6. The first-order valence-corrected chi connectivity index (χ1v) is 14.3. The molecule has 226 valence electrons. The highest BCUT2D eigenvalue weighted by Gasteiger charge is 2.31. The second-order valence-corrected chi connectivity index (χ2v) is 10.8. The maximum atomic E-state index is 13.6. The molecular formula is C30H26F3N7O3S. The van der Waals surface area contributed by atoms with E-state index in [1.54, 1.807) is 12.1 Å². The molecule has 0 fully saturated rings. The lowest BCUT2D eigenvalue weighted by molar-refractivity contribution is -0.274. The van der Waals surface area contributed by atoms with E-state index in [4.69, 9.17) is 11.3 Å². The van der Waals surface area contributed by atoms with E-state index in [-0.39, 0.29) is 23.0 Å². The molecule has 0 spiro atoms. The molecule has 0 atom stereocenters. The van der Waals surface area contributed by atoms with Gasteiger partial charge in [0.2, 0.25) is 5.96 Å². The second kappa shape index (κ2) is 13.0. The number of guanidine groups is 1. The van der Waals surface area contributed by atoms with Crippen LogP contribution < -0.4 is 20.7 Å². The quantitative estimate of drug-likeness (QED) is 0.109. The number of thiazole rings is 1. The molecule has 14 heteroatoms. The number of benzene rings is 3. The third kappa shape index (κ3) is 7.64. The van der Waals surface area contributed by atoms with Crippen LogP contribution >= 0.6 is 11.3 Å². The Labute approximate surface area is 253 Å². The van der Waals surface area contributed by atoms with E-state index in [2.05, 4.69) is 31.2 Å². The molecule has 0 unspecified atom stereocenters. The van der Waals surface area contributed by atoms with Crippen LogP contribution in [0.25, 0.3) is 15.8 Å². The fourth-order valence-corrected chi connectivity index (χ4v) is 5.56. The first-order chi connectivity index (χ1) is 21.1. The highest BCUT2D eigenvalue weighted by atomic mass is 32.1. The van der Waals surface area contributed by atoms with E-state index >= 15 is 0 Å². The van der Waals surface area contributed by atoms with Crippen LogP contribution in [-0.4, -0.2) is 29.2 Å². The average Bonchev–Trinajstić information content (AvgIpc) is 3.41. The number of urea groups is 1. The summed E-state index contributed by atoms with van der Waals surface area (Å²) < 4.78 is 42.4. The smallest absolute Gasteiger partial charge is 0.406 e. The molecule has 5 rings (SSSR count). The van der Waals surface area contributed by atoms with Crippen LogP contribution in [0.2, 0.25) is 0 Å². The fourth-order valence-electron chi connectivity index (χ4n) is 4.68. The SMILES string of the molecule is N=NC(N)=NC(=O)c1ccc(CN(C(=O)Nc2nc3ccc(OC(F)(F)F)cc3s2)c2ccc(C3=CCCCC3)cc2)cc1. The number of ether oxygens (including phenoxy) is 1. The van der Waals surface area contributed by atoms with Gasteiger partial charge in [-0.05, 0) is 78.8 Å². The lowest BCUT2D eigenvalue weighted by atomic mass is 9.93. The molecule has 0 radical (unpaired) electrons. The Bertz CT molecular complexity index is 1750. The zero-order valence-electron chi connectivity index (χ0n) is 23.1. The number of carbonyl (C=O) groups excluding carboxylic acids is 2. The summed E-state index contributed by atoms with van der Waals surface area (Å²) in [6.07, 6.45) is 1.73. The topological polar surface area (TPSA) is 146 Å². The van der Waals surface area contributed by atoms with Crippen LogP contribution in [0.15, 0.2) is 82.9 Å². The second-order valence-electron chi connectivity index (χ2n) is 9.82. The van der Waals surface area contributed by atoms with Crippen molar-refractivity contribution in [3.05, 3.63) is 89.5 Å². The molecule has 1 aromatic heterocycles. The largest absolute Gasteiger partial charge is 0.573 e. The average molecular weight is 622 g/mol. The number of hydrogen-bond donors (Lipinski definition) is 3. The van der Waals surface area contributed by atoms with Gasteiger partial charge in [0.1, 0.15) is 5.75 Å². The molecule has 0 bridgehead atoms. The highest BCUT2D eigenvalue weighted by Crippen LogP contribution is 2.33. The van der Waals surface area contributed by atoms with Gasteiger partial charge < -0.3 is 10.5 Å². The minimum Gasteiger partial charge on any atom is -0.406 e. The Balaban J connectivity index is 1.40. The number of alkyl halides is 3. The first kappa shape index (κ1) is 30.4. The summed E-state index contributed by atoms with van der Waals surface area (Å²) in [4.78, 5) is 35.3. The molecule has 1 heterocycles. The van der Waals surface area contributed by atoms with Crippen molar-refractivity contribution in [2.75, 3.05) is 10.2 Å². The van der Waals surface area contributed by atoms with E-state index in [0.717, 1.165) is 42.2 Å². The van der Waals surface area contributed by atoms with E-state index < -0.39 is 24.3 Å². The lowest BCUT2D eigenvalue weighted by Crippen LogP contribution is -2.34. The Morgan fingerprint density at radius 3 is 2.48 bits per heavy atom. The number of nitrogens with zero attached hydrogens (tertiary/aromatic N) is 4. The van der Waals surface area contributed by atoms with E-state index in [0.29, 0.717) is 21.5 Å². The van der Waals surface area contributed by atoms with Crippen LogP contribution in [0.4, 0.5) is 28.8 Å². The molecule has 0 saturated carbocycles. The summed E-state index contributed by atoms with van der Waals surface area (Å²) in [7, 11) is 0. The Hall–Kier alpha value is -5.11. The number of aliphatic imine (C=N–C) groups is 1. The Morgan fingerprint density at radius 2 is 1.82 bits per heavy atom. The van der Waals surface area contributed by atoms with Crippen LogP contribution in [0.5, 0.6) is 5.75 Å². The molecule has 3 aromatic carbocycles. The van der Waals surface area contributed by atoms with Gasteiger partial charge >= 0.3 is 12.4 Å². The maximum Gasteiger partial charge on any atom is 0.573 e. The van der Waals surface area contributed by atoms with Crippen molar-refractivity contribution >= 4 is 55.8 Å². The summed E-state index contributed by atoms with van der Waals surface area (Å²) in [5.41, 5.74) is 16.5. The van der Waals surface area contributed by atoms with Crippen molar-refractivity contribution in [2.24, 2.45) is 15.8 Å². The third-order valence-electron chi connectivity index (χ3n) is 6.77. The zero-order valence-corrected chi connectivity index (χ0v) is 23.9. The van der Waals surface area contributed by atoms with Gasteiger partial charge in [0, 0.05) is 17.3 Å². The number of nitrogens with two attached hydrogens (primary N) is 1. The standard InChI is InChI=1S/C30H26F3N7O3S/c31-30(32,33)43-23-14-15-24-25(16-23)44-28(36-24)38-29(42)40(22-12-10-20(11-13-22)19-4-2-1-3-5-19)17-18-6-8-21(9-7-18)26(41)37-27(34)39-35/h4,6-16,35H,1-3,5,17H2,(H2,34,37,41)(H,36,38,42). The number of nitrogens with one attached hydrogen (secondary N) is 2. The van der Waals surface area contributed by atoms with Crippen molar-refractivity contribution in [2.45, 2.75) is 38.6 Å². The zero-order chi connectivity index (χ0) is 31.3. The molecule has 3 amide bonds. The van der Waals surface area contributed by atoms with Gasteiger partial charge in [-0.15, -0.1) is 18.3 Å². The van der Waals surface area contributed by atoms with Crippen molar-refractivity contribution in [3.63, 3.8) is 0 Å². The van der Waals surface area contributed by atoms with Gasteiger partial charge in [-0.25, -0.2) is 15.3 Å². The minimum atomic E-state index is -4.83. The van der Waals surface area contributed by atoms with E-state index in [9.17, 15) is 22.8 Å². The van der Waals surface area contributed by atoms with Crippen molar-refractivity contribution in [1.82, 2.24) is 4.98 Å². The molecule has 1 aliphatic carbocycles. The normalized spacial score (nSPS) is 13.7. The predicted molar refractivity (Wildman–Crippen MR) is 162 cm³/mol. The van der Waals surface area contributed by atoms with E-state index in [1.165, 1.54) is 41.2 Å². The lowest BCUT2D eigenvalue weighted by Gasteiger charge is -2.23. The van der Waals surface area contributed by atoms with Crippen LogP contribution in [0.3, 0.4) is 0 Å². The van der Waals surface area contributed by atoms with Crippen molar-refractivity contribution in [3.8, 4) is 5.75 Å². The minimum absolute atomic E-state index is 0.115. The number of aromatic nitrogens is 1. The van der Waals surface area contributed by atoms with Gasteiger partial charge in [-0.1, -0.05) is 41.7 Å². The van der Waals surface area contributed by atoms with Gasteiger partial charge in [0.25, 0.3) is 5.91 Å². The van der Waals surface area contributed by atoms with Crippen LogP contribution in [0.1, 0.15) is 47.2 Å². The molecule has 4 N–H and O–H groups in total. The van der Waals surface area contributed by atoms with Crippen LogP contribution in [-0.2, 0) is 6.54 Å². The number of rotatable bonds is 7. The molecular weight excluding hydrogens is 595 g/mol. The third-order valence-corrected chi connectivity index (χ3v) is 7.70. The molecule has 44 heavy (non-hydrogen) atoms. The number of fused-ring (bicyclic) bond motifs is 1. The molecule has 0 aliphatic heterocycles. The van der Waals surface area contributed by atoms with Gasteiger partial charge in [0.15, 0.2) is 5.13 Å². The van der Waals surface area contributed by atoms with Gasteiger partial charge in [-0.3, -0.25) is 15.0 Å². The highest BCUT2D eigenvalue weighted by molar-refractivity contribution is 7.22. The Kier molecular flexibility index (Phi) is 8.99. The molecule has 4 aromatic rings. The predicted octanol–water partition coefficient (Wildman–Crippen LogP) is 7.88. The number of amides is 3. The number of carbonyl (C=O) groups is 2. The first-order valence-electron chi connectivity index (χ1n) is 13.5. The summed E-state index contributed by atoms with van der Waals surface area (Å²) in [6.45, 7) is 0.115. The number of halogens is 3. The Morgan fingerprint density at radius 1 is 1.07 bits per heavy atom. The van der Waals surface area contributed by atoms with Crippen LogP contribution in [0, 0.1) is 5.53 Å². The monoisotopic (exact) mass is 621 g/mol. The molecule has 10 nitrogen and oxygen atoms in total. The number of allylic oxidation sites excluding steroid dienone is 2.